The average molecular weight is 175 g/mol. The Morgan fingerprint density at radius 3 is 2.17 bits per heavy atom. The molecule has 2 atom stereocenters. The van der Waals surface area contributed by atoms with Gasteiger partial charge in [-0.3, -0.25) is 10.1 Å². The summed E-state index contributed by atoms with van der Waals surface area (Å²) in [4.78, 5) is 10.1. The zero-order chi connectivity index (χ0) is 9.72. The zero-order valence-electron chi connectivity index (χ0n) is 8.11. The molecule has 0 aliphatic heterocycles. The van der Waals surface area contributed by atoms with Crippen LogP contribution in [0.3, 0.4) is 0 Å². The smallest absolute Gasteiger partial charge is 0.236 e. The third kappa shape index (κ3) is 3.67. The third-order valence-corrected chi connectivity index (χ3v) is 1.72. The van der Waals surface area contributed by atoms with Gasteiger partial charge in [-0.25, -0.2) is 0 Å². The normalized spacial score (nSPS) is 16.1. The predicted octanol–water partition coefficient (Wildman–Crippen LogP) is 1.86. The highest BCUT2D eigenvalue weighted by Crippen LogP contribution is 2.09. The van der Waals surface area contributed by atoms with Crippen LogP contribution in [0.15, 0.2) is 0 Å². The second-order valence-corrected chi connectivity index (χ2v) is 3.16. The molecule has 0 aromatic heterocycles. The molecular formula is C8H17NO3. The van der Waals surface area contributed by atoms with Crippen LogP contribution in [0.25, 0.3) is 0 Å². The lowest BCUT2D eigenvalue weighted by atomic mass is 10.1. The standard InChI is InChI=1S/C8H17NO3/c1-5-8(12-6(2)3)7(4)9(10)11/h6-8H,5H2,1-4H3. The van der Waals surface area contributed by atoms with Gasteiger partial charge in [0.2, 0.25) is 6.04 Å². The summed E-state index contributed by atoms with van der Waals surface area (Å²) in [6.45, 7) is 7.24. The molecule has 0 heterocycles. The third-order valence-electron chi connectivity index (χ3n) is 1.72. The molecule has 0 amide bonds. The van der Waals surface area contributed by atoms with Crippen molar-refractivity contribution in [3.8, 4) is 0 Å². The van der Waals surface area contributed by atoms with Gasteiger partial charge in [-0.05, 0) is 20.3 Å². The van der Waals surface area contributed by atoms with Gasteiger partial charge in [0.25, 0.3) is 0 Å². The number of rotatable bonds is 5. The van der Waals surface area contributed by atoms with E-state index in [1.165, 1.54) is 0 Å². The van der Waals surface area contributed by atoms with Gasteiger partial charge in [0.05, 0.1) is 6.10 Å². The fourth-order valence-corrected chi connectivity index (χ4v) is 1.04. The van der Waals surface area contributed by atoms with E-state index in [-0.39, 0.29) is 17.1 Å². The largest absolute Gasteiger partial charge is 0.368 e. The minimum Gasteiger partial charge on any atom is -0.368 e. The first kappa shape index (κ1) is 11.4. The summed E-state index contributed by atoms with van der Waals surface area (Å²) in [5, 5.41) is 10.4. The first-order valence-corrected chi connectivity index (χ1v) is 4.28. The molecule has 4 heteroatoms. The second kappa shape index (κ2) is 5.09. The molecule has 72 valence electrons. The molecule has 12 heavy (non-hydrogen) atoms. The molecule has 0 bridgehead atoms. The topological polar surface area (TPSA) is 52.4 Å². The van der Waals surface area contributed by atoms with Crippen LogP contribution in [-0.2, 0) is 4.74 Å². The Morgan fingerprint density at radius 1 is 1.42 bits per heavy atom. The summed E-state index contributed by atoms with van der Waals surface area (Å²) in [5.74, 6) is 0. The molecule has 0 radical (unpaired) electrons. The van der Waals surface area contributed by atoms with Crippen molar-refractivity contribution in [2.24, 2.45) is 0 Å². The molecule has 0 N–H and O–H groups in total. The minimum atomic E-state index is -0.614. The summed E-state index contributed by atoms with van der Waals surface area (Å²) in [5.41, 5.74) is 0. The van der Waals surface area contributed by atoms with E-state index >= 15 is 0 Å². The maximum atomic E-state index is 10.4. The van der Waals surface area contributed by atoms with Gasteiger partial charge < -0.3 is 4.74 Å². The van der Waals surface area contributed by atoms with Crippen molar-refractivity contribution in [1.82, 2.24) is 0 Å². The van der Waals surface area contributed by atoms with Crippen molar-refractivity contribution in [2.75, 3.05) is 0 Å². The Kier molecular flexibility index (Phi) is 4.81. The quantitative estimate of drug-likeness (QED) is 0.473. The summed E-state index contributed by atoms with van der Waals surface area (Å²) < 4.78 is 5.38. The van der Waals surface area contributed by atoms with Crippen LogP contribution in [0, 0.1) is 10.1 Å². The van der Waals surface area contributed by atoms with Crippen LogP contribution < -0.4 is 0 Å². The van der Waals surface area contributed by atoms with Gasteiger partial charge >= 0.3 is 0 Å². The Labute approximate surface area is 73.1 Å². The van der Waals surface area contributed by atoms with Crippen molar-refractivity contribution in [3.05, 3.63) is 10.1 Å². The van der Waals surface area contributed by atoms with E-state index in [1.807, 2.05) is 20.8 Å². The van der Waals surface area contributed by atoms with Crippen molar-refractivity contribution < 1.29 is 9.66 Å². The number of nitro groups is 1. The number of ether oxygens (including phenoxy) is 1. The van der Waals surface area contributed by atoms with Crippen molar-refractivity contribution in [3.63, 3.8) is 0 Å². The zero-order valence-corrected chi connectivity index (χ0v) is 8.11. The van der Waals surface area contributed by atoms with Gasteiger partial charge in [-0.1, -0.05) is 6.92 Å². The van der Waals surface area contributed by atoms with Crippen LogP contribution in [0.4, 0.5) is 0 Å². The highest BCUT2D eigenvalue weighted by Gasteiger charge is 2.26. The van der Waals surface area contributed by atoms with Crippen LogP contribution in [0.1, 0.15) is 34.1 Å². The van der Waals surface area contributed by atoms with Gasteiger partial charge in [-0.15, -0.1) is 0 Å². The van der Waals surface area contributed by atoms with Crippen LogP contribution in [0.5, 0.6) is 0 Å². The molecule has 0 rings (SSSR count). The average Bonchev–Trinajstić information content (AvgIpc) is 1.98. The van der Waals surface area contributed by atoms with E-state index in [1.54, 1.807) is 6.92 Å². The molecule has 0 saturated carbocycles. The van der Waals surface area contributed by atoms with Gasteiger partial charge in [0.15, 0.2) is 0 Å². The lowest BCUT2D eigenvalue weighted by Gasteiger charge is -2.19. The fraction of sp³-hybridized carbons (Fsp3) is 1.00. The fourth-order valence-electron chi connectivity index (χ4n) is 1.04. The SMILES string of the molecule is CCC(OC(C)C)C(C)[N+](=O)[O-]. The number of hydrogen-bond donors (Lipinski definition) is 0. The van der Waals surface area contributed by atoms with E-state index in [9.17, 15) is 10.1 Å². The van der Waals surface area contributed by atoms with Crippen LogP contribution in [-0.4, -0.2) is 23.2 Å². The Morgan fingerprint density at radius 2 is 1.92 bits per heavy atom. The highest BCUT2D eigenvalue weighted by molar-refractivity contribution is 4.64. The van der Waals surface area contributed by atoms with Gasteiger partial charge in [-0.2, -0.15) is 0 Å². The van der Waals surface area contributed by atoms with Crippen LogP contribution in [0.2, 0.25) is 0 Å². The lowest BCUT2D eigenvalue weighted by molar-refractivity contribution is -0.531. The molecule has 0 aliphatic rings. The first-order valence-electron chi connectivity index (χ1n) is 4.28. The highest BCUT2D eigenvalue weighted by atomic mass is 16.6. The molecular weight excluding hydrogens is 158 g/mol. The van der Waals surface area contributed by atoms with E-state index < -0.39 is 6.04 Å². The van der Waals surface area contributed by atoms with Crippen LogP contribution >= 0.6 is 0 Å². The molecule has 0 aliphatic carbocycles. The van der Waals surface area contributed by atoms with Gasteiger partial charge in [0, 0.05) is 11.8 Å². The minimum absolute atomic E-state index is 0.0531. The molecule has 0 aromatic rings. The summed E-state index contributed by atoms with van der Waals surface area (Å²) >= 11 is 0. The predicted molar refractivity (Wildman–Crippen MR) is 46.8 cm³/mol. The first-order chi connectivity index (χ1) is 5.49. The monoisotopic (exact) mass is 175 g/mol. The summed E-state index contributed by atoms with van der Waals surface area (Å²) in [6.07, 6.45) is 0.470. The van der Waals surface area contributed by atoms with Crippen molar-refractivity contribution >= 4 is 0 Å². The molecule has 0 aromatic carbocycles. The molecule has 0 fully saturated rings. The number of hydrogen-bond acceptors (Lipinski definition) is 3. The molecule has 0 saturated heterocycles. The van der Waals surface area contributed by atoms with E-state index in [2.05, 4.69) is 0 Å². The molecule has 2 unspecified atom stereocenters. The Hall–Kier alpha value is -0.640. The Balaban J connectivity index is 4.05. The molecule has 4 nitrogen and oxygen atoms in total. The van der Waals surface area contributed by atoms with E-state index in [4.69, 9.17) is 4.74 Å². The summed E-state index contributed by atoms with van der Waals surface area (Å²) in [6, 6.07) is -0.614. The maximum Gasteiger partial charge on any atom is 0.236 e. The summed E-state index contributed by atoms with van der Waals surface area (Å²) in [7, 11) is 0. The second-order valence-electron chi connectivity index (χ2n) is 3.16. The maximum absolute atomic E-state index is 10.4. The molecule has 0 spiro atoms. The van der Waals surface area contributed by atoms with Crippen molar-refractivity contribution in [2.45, 2.75) is 52.4 Å². The van der Waals surface area contributed by atoms with E-state index in [0.717, 1.165) is 0 Å². The van der Waals surface area contributed by atoms with E-state index in [0.29, 0.717) is 6.42 Å². The number of nitrogens with zero attached hydrogens (tertiary/aromatic N) is 1. The van der Waals surface area contributed by atoms with Crippen molar-refractivity contribution in [1.29, 1.82) is 0 Å². The van der Waals surface area contributed by atoms with Gasteiger partial charge in [0.1, 0.15) is 6.10 Å². The lowest BCUT2D eigenvalue weighted by Crippen LogP contribution is -2.34. The Bertz CT molecular complexity index is 147.